The molecule has 1 fully saturated rings. The number of hydrogen-bond acceptors (Lipinski definition) is 1. The van der Waals surface area contributed by atoms with Crippen molar-refractivity contribution in [2.24, 2.45) is 17.8 Å². The molecule has 0 aromatic carbocycles. The number of hydrogen-bond donors (Lipinski definition) is 1. The van der Waals surface area contributed by atoms with E-state index in [1.807, 2.05) is 0 Å². The quantitative estimate of drug-likeness (QED) is 0.718. The van der Waals surface area contributed by atoms with E-state index < -0.39 is 0 Å². The summed E-state index contributed by atoms with van der Waals surface area (Å²) in [5, 5.41) is 9.96. The molecule has 2 aliphatic carbocycles. The van der Waals surface area contributed by atoms with Gasteiger partial charge in [-0.2, -0.15) is 0 Å². The summed E-state index contributed by atoms with van der Waals surface area (Å²) in [6.45, 7) is 4.34. The van der Waals surface area contributed by atoms with Gasteiger partial charge in [-0.1, -0.05) is 25.5 Å². The second-order valence-corrected chi connectivity index (χ2v) is 5.78. The Morgan fingerprint density at radius 1 is 1.44 bits per heavy atom. The Morgan fingerprint density at radius 2 is 2.25 bits per heavy atom. The second-order valence-electron chi connectivity index (χ2n) is 5.78. The van der Waals surface area contributed by atoms with Crippen LogP contribution < -0.4 is 0 Å². The van der Waals surface area contributed by atoms with Gasteiger partial charge in [0.25, 0.3) is 0 Å². The predicted octanol–water partition coefficient (Wildman–Crippen LogP) is 3.92. The normalized spacial score (nSPS) is 33.8. The molecule has 92 valence electrons. The molecule has 1 saturated carbocycles. The van der Waals surface area contributed by atoms with Crippen LogP contribution in [0.2, 0.25) is 0 Å². The first-order valence-electron chi connectivity index (χ1n) is 7.09. The topological polar surface area (TPSA) is 20.2 Å². The minimum Gasteiger partial charge on any atom is -0.393 e. The van der Waals surface area contributed by atoms with E-state index in [-0.39, 0.29) is 6.10 Å². The van der Waals surface area contributed by atoms with Gasteiger partial charge in [-0.05, 0) is 62.7 Å². The van der Waals surface area contributed by atoms with Crippen LogP contribution in [0.3, 0.4) is 0 Å². The molecule has 0 spiro atoms. The zero-order chi connectivity index (χ0) is 11.5. The van der Waals surface area contributed by atoms with Crippen LogP contribution >= 0.6 is 0 Å². The van der Waals surface area contributed by atoms with E-state index in [9.17, 15) is 5.11 Å². The molecule has 2 aliphatic rings. The van der Waals surface area contributed by atoms with Crippen molar-refractivity contribution in [3.8, 4) is 0 Å². The third kappa shape index (κ3) is 2.51. The molecule has 1 heteroatoms. The van der Waals surface area contributed by atoms with Crippen LogP contribution in [0.1, 0.15) is 58.8 Å². The first-order valence-corrected chi connectivity index (χ1v) is 7.09. The minimum atomic E-state index is -0.0841. The van der Waals surface area contributed by atoms with Crippen LogP contribution in [0, 0.1) is 17.8 Å². The molecule has 0 bridgehead atoms. The standard InChI is InChI=1S/C15H26O/c1-3-15(16)11(2)13-9-8-12-6-4-5-7-14(12)10-13/h6,11,13-16H,3-5,7-10H2,1-2H3. The van der Waals surface area contributed by atoms with Gasteiger partial charge in [0.15, 0.2) is 0 Å². The first kappa shape index (κ1) is 12.2. The van der Waals surface area contributed by atoms with Gasteiger partial charge in [-0.15, -0.1) is 0 Å². The lowest BCUT2D eigenvalue weighted by Crippen LogP contribution is -2.30. The van der Waals surface area contributed by atoms with Crippen molar-refractivity contribution in [3.05, 3.63) is 11.6 Å². The van der Waals surface area contributed by atoms with Gasteiger partial charge in [0.2, 0.25) is 0 Å². The molecule has 0 amide bonds. The molecule has 0 aliphatic heterocycles. The first-order chi connectivity index (χ1) is 7.72. The summed E-state index contributed by atoms with van der Waals surface area (Å²) in [5.74, 6) is 2.11. The Bertz CT molecular complexity index is 256. The Morgan fingerprint density at radius 3 is 3.00 bits per heavy atom. The Hall–Kier alpha value is -0.300. The number of aliphatic hydroxyl groups is 1. The maximum atomic E-state index is 9.96. The van der Waals surface area contributed by atoms with Crippen LogP contribution in [0.5, 0.6) is 0 Å². The zero-order valence-corrected chi connectivity index (χ0v) is 10.8. The van der Waals surface area contributed by atoms with Gasteiger partial charge >= 0.3 is 0 Å². The highest BCUT2D eigenvalue weighted by molar-refractivity contribution is 5.13. The van der Waals surface area contributed by atoms with Gasteiger partial charge < -0.3 is 5.11 Å². The smallest absolute Gasteiger partial charge is 0.0565 e. The highest BCUT2D eigenvalue weighted by atomic mass is 16.3. The predicted molar refractivity (Wildman–Crippen MR) is 68.2 cm³/mol. The molecular weight excluding hydrogens is 196 g/mol. The fourth-order valence-corrected chi connectivity index (χ4v) is 3.58. The molecule has 2 rings (SSSR count). The van der Waals surface area contributed by atoms with Gasteiger partial charge in [0, 0.05) is 0 Å². The highest BCUT2D eigenvalue weighted by Gasteiger charge is 2.32. The molecule has 0 heterocycles. The molecule has 0 radical (unpaired) electrons. The molecule has 4 unspecified atom stereocenters. The fraction of sp³-hybridized carbons (Fsp3) is 0.867. The van der Waals surface area contributed by atoms with Crippen molar-refractivity contribution in [3.63, 3.8) is 0 Å². The highest BCUT2D eigenvalue weighted by Crippen LogP contribution is 2.42. The van der Waals surface area contributed by atoms with Crippen molar-refractivity contribution >= 4 is 0 Å². The number of allylic oxidation sites excluding steroid dienone is 2. The lowest BCUT2D eigenvalue weighted by Gasteiger charge is -2.38. The summed E-state index contributed by atoms with van der Waals surface area (Å²) < 4.78 is 0. The van der Waals surface area contributed by atoms with Crippen molar-refractivity contribution in [1.82, 2.24) is 0 Å². The van der Waals surface area contributed by atoms with Gasteiger partial charge in [-0.25, -0.2) is 0 Å². The monoisotopic (exact) mass is 222 g/mol. The third-order valence-corrected chi connectivity index (χ3v) is 4.85. The largest absolute Gasteiger partial charge is 0.393 e. The maximum Gasteiger partial charge on any atom is 0.0565 e. The van der Waals surface area contributed by atoms with E-state index in [2.05, 4.69) is 19.9 Å². The Kier molecular flexibility index (Phi) is 4.07. The number of aliphatic hydroxyl groups excluding tert-OH is 1. The zero-order valence-electron chi connectivity index (χ0n) is 10.8. The third-order valence-electron chi connectivity index (χ3n) is 4.85. The summed E-state index contributed by atoms with van der Waals surface area (Å²) in [5.41, 5.74) is 1.74. The Labute approximate surface area is 99.9 Å². The van der Waals surface area contributed by atoms with Crippen molar-refractivity contribution < 1.29 is 5.11 Å². The molecule has 0 saturated heterocycles. The van der Waals surface area contributed by atoms with Gasteiger partial charge in [0.1, 0.15) is 0 Å². The van der Waals surface area contributed by atoms with E-state index in [0.717, 1.165) is 18.3 Å². The lowest BCUT2D eigenvalue weighted by molar-refractivity contribution is 0.0622. The summed E-state index contributed by atoms with van der Waals surface area (Å²) in [6.07, 6.45) is 11.3. The van der Waals surface area contributed by atoms with E-state index in [1.165, 1.54) is 38.5 Å². The molecule has 16 heavy (non-hydrogen) atoms. The molecule has 0 aromatic heterocycles. The van der Waals surface area contributed by atoms with E-state index in [4.69, 9.17) is 0 Å². The molecule has 1 nitrogen and oxygen atoms in total. The van der Waals surface area contributed by atoms with Crippen molar-refractivity contribution in [1.29, 1.82) is 0 Å². The summed E-state index contributed by atoms with van der Waals surface area (Å²) in [4.78, 5) is 0. The molecule has 1 N–H and O–H groups in total. The molecule has 4 atom stereocenters. The maximum absolute atomic E-state index is 9.96. The van der Waals surface area contributed by atoms with E-state index in [0.29, 0.717) is 5.92 Å². The van der Waals surface area contributed by atoms with E-state index in [1.54, 1.807) is 5.57 Å². The Balaban J connectivity index is 1.95. The van der Waals surface area contributed by atoms with Crippen LogP contribution in [0.15, 0.2) is 11.6 Å². The van der Waals surface area contributed by atoms with Crippen LogP contribution in [0.4, 0.5) is 0 Å². The second kappa shape index (κ2) is 5.35. The molecular formula is C15H26O. The van der Waals surface area contributed by atoms with Crippen LogP contribution in [0.25, 0.3) is 0 Å². The summed E-state index contributed by atoms with van der Waals surface area (Å²) >= 11 is 0. The number of fused-ring (bicyclic) bond motifs is 1. The average Bonchev–Trinajstić information content (AvgIpc) is 2.36. The lowest BCUT2D eigenvalue weighted by atomic mass is 9.68. The fourth-order valence-electron chi connectivity index (χ4n) is 3.58. The van der Waals surface area contributed by atoms with E-state index >= 15 is 0 Å². The van der Waals surface area contributed by atoms with Crippen molar-refractivity contribution in [2.45, 2.75) is 64.9 Å². The average molecular weight is 222 g/mol. The van der Waals surface area contributed by atoms with Crippen molar-refractivity contribution in [2.75, 3.05) is 0 Å². The number of rotatable bonds is 3. The van der Waals surface area contributed by atoms with Crippen LogP contribution in [-0.4, -0.2) is 11.2 Å². The summed E-state index contributed by atoms with van der Waals surface area (Å²) in [7, 11) is 0. The summed E-state index contributed by atoms with van der Waals surface area (Å²) in [6, 6.07) is 0. The SMILES string of the molecule is CCC(O)C(C)C1CCC2=CCCCC2C1. The van der Waals surface area contributed by atoms with Gasteiger partial charge in [-0.3, -0.25) is 0 Å². The van der Waals surface area contributed by atoms with Crippen LogP contribution in [-0.2, 0) is 0 Å². The van der Waals surface area contributed by atoms with Gasteiger partial charge in [0.05, 0.1) is 6.10 Å². The minimum absolute atomic E-state index is 0.0841. The molecule has 0 aromatic rings.